The van der Waals surface area contributed by atoms with E-state index in [0.717, 1.165) is 320 Å². The van der Waals surface area contributed by atoms with Crippen LogP contribution in [0.3, 0.4) is 0 Å². The summed E-state index contributed by atoms with van der Waals surface area (Å²) in [5, 5.41) is 0. The van der Waals surface area contributed by atoms with Gasteiger partial charge in [0.2, 0.25) is 0 Å². The number of unbranched alkanes of at least 4 members (excludes halogenated alkanes) is 8. The zero-order chi connectivity index (χ0) is 80.2. The van der Waals surface area contributed by atoms with Crippen LogP contribution in [-0.4, -0.2) is 26.4 Å². The molecular weight excluding hydrogens is 1430 g/mol. The van der Waals surface area contributed by atoms with E-state index >= 15 is 0 Å². The lowest BCUT2D eigenvalue weighted by Gasteiger charge is -2.08. The maximum atomic E-state index is 6.03. The standard InChI is InChI=1S/C108H110O4S2/c1-13-25-29-65-109-101-55-37-79(38-56-101)33-45-91-69-87(21-9)95(73-83(91)17-5)49-51-99-77-105(63-53-97-75-85(19-7)93(71-89(97)23-11)47-35-81-41-59-103(60-42-81)111-67-31-27-15-3)113-107(99)108-100(52-50-96-74-84(18-6)92(70-88(96)22-10)46-34-80-39-57-102(58-40-80)110-66-30-26-14-2)78-106(114-108)64-54-98-76-86(20-8)94(72-90(98)24-12)48-36-82-43-61-104(62-44-82)112-68-32-28-16-4/h37-44,55-62,69-78H,13-32,65-68H2,1-12H3. The van der Waals surface area contributed by atoms with Gasteiger partial charge in [0.1, 0.15) is 23.0 Å². The Balaban J connectivity index is 1.09. The highest BCUT2D eigenvalue weighted by atomic mass is 32.1. The van der Waals surface area contributed by atoms with Crippen molar-refractivity contribution in [3.63, 3.8) is 0 Å². The number of benzene rings is 8. The Morgan fingerprint density at radius 3 is 0.579 bits per heavy atom. The van der Waals surface area contributed by atoms with Gasteiger partial charge in [-0.25, -0.2) is 0 Å². The molecule has 0 unspecified atom stereocenters. The minimum Gasteiger partial charge on any atom is -0.494 e. The van der Waals surface area contributed by atoms with Crippen molar-refractivity contribution in [2.75, 3.05) is 26.4 Å². The Bertz CT molecular complexity index is 5100. The summed E-state index contributed by atoms with van der Waals surface area (Å²) < 4.78 is 24.1. The summed E-state index contributed by atoms with van der Waals surface area (Å²) in [6.07, 6.45) is 19.9. The summed E-state index contributed by atoms with van der Waals surface area (Å²) in [6.45, 7) is 29.3. The summed E-state index contributed by atoms with van der Waals surface area (Å²) in [7, 11) is 0. The SMILES string of the molecule is CCCCCOc1ccc(C#Cc2cc(CC)c(C#Cc3cc(C#Cc4cc(CC)c(C#Cc5ccc(OCCCCC)cc5)cc4CC)c(-c4sc(C#Cc5cc(CC)c(C#Cc6ccc(OCCCCC)cc6)cc5CC)cc4C#Cc4cc(CC)c(C#Cc5ccc(OCCCCC)cc5)cc4CC)s3)cc2CC)cc1. The van der Waals surface area contributed by atoms with Gasteiger partial charge >= 0.3 is 0 Å². The Morgan fingerprint density at radius 1 is 0.202 bits per heavy atom. The molecule has 0 aliphatic heterocycles. The monoisotopic (exact) mass is 1530 g/mol. The topological polar surface area (TPSA) is 36.9 Å². The molecule has 0 radical (unpaired) electrons. The van der Waals surface area contributed by atoms with Crippen LogP contribution in [0.25, 0.3) is 9.75 Å². The zero-order valence-electron chi connectivity index (χ0n) is 69.4. The summed E-state index contributed by atoms with van der Waals surface area (Å²) >= 11 is 3.33. The van der Waals surface area contributed by atoms with Crippen molar-refractivity contribution in [2.24, 2.45) is 0 Å². The Labute approximate surface area is 692 Å². The molecule has 0 aliphatic carbocycles. The maximum absolute atomic E-state index is 6.03. The molecule has 0 amide bonds. The first kappa shape index (κ1) is 85.3. The number of rotatable bonds is 29. The largest absolute Gasteiger partial charge is 0.494 e. The molecule has 0 spiro atoms. The van der Waals surface area contributed by atoms with E-state index in [2.05, 4.69) is 287 Å². The normalized spacial score (nSPS) is 10.4. The first-order valence-electron chi connectivity index (χ1n) is 41.9. The van der Waals surface area contributed by atoms with Crippen LogP contribution >= 0.6 is 22.7 Å². The molecular formula is C108H110O4S2. The van der Waals surface area contributed by atoms with Gasteiger partial charge in [0.05, 0.1) is 45.9 Å². The van der Waals surface area contributed by atoms with E-state index in [1.165, 1.54) is 0 Å². The predicted molar refractivity (Wildman–Crippen MR) is 482 cm³/mol. The first-order valence-corrected chi connectivity index (χ1v) is 43.5. The van der Waals surface area contributed by atoms with Gasteiger partial charge in [0, 0.05) is 77.9 Å². The van der Waals surface area contributed by atoms with Crippen molar-refractivity contribution in [2.45, 2.75) is 212 Å². The maximum Gasteiger partial charge on any atom is 0.119 e. The fourth-order valence-corrected chi connectivity index (χ4v) is 15.3. The smallest absolute Gasteiger partial charge is 0.119 e. The molecule has 4 nitrogen and oxygen atoms in total. The molecule has 0 saturated heterocycles. The minimum absolute atomic E-state index is 0.720. The third kappa shape index (κ3) is 24.9. The van der Waals surface area contributed by atoms with Crippen molar-refractivity contribution < 1.29 is 18.9 Å². The second-order valence-corrected chi connectivity index (χ2v) is 30.6. The first-order chi connectivity index (χ1) is 55.9. The lowest BCUT2D eigenvalue weighted by molar-refractivity contribution is 0.306. The molecule has 0 fully saturated rings. The fraction of sp³-hybridized carbons (Fsp3) is 0.333. The summed E-state index contributed by atoms with van der Waals surface area (Å²) in [5.74, 6) is 61.5. The van der Waals surface area contributed by atoms with Crippen LogP contribution in [0, 0.1) is 94.7 Å². The van der Waals surface area contributed by atoms with Crippen LogP contribution < -0.4 is 18.9 Å². The minimum atomic E-state index is 0.720. The number of hydrogen-bond acceptors (Lipinski definition) is 6. The van der Waals surface area contributed by atoms with Crippen LogP contribution in [0.15, 0.2) is 158 Å². The molecule has 0 saturated carbocycles. The molecule has 2 heterocycles. The van der Waals surface area contributed by atoms with Crippen LogP contribution in [0.4, 0.5) is 0 Å². The second-order valence-electron chi connectivity index (χ2n) is 28.5. The lowest BCUT2D eigenvalue weighted by atomic mass is 9.95. The lowest BCUT2D eigenvalue weighted by Crippen LogP contribution is -1.97. The van der Waals surface area contributed by atoms with Gasteiger partial charge in [-0.1, -0.05) is 229 Å². The van der Waals surface area contributed by atoms with Crippen molar-refractivity contribution >= 4 is 22.7 Å². The van der Waals surface area contributed by atoms with Crippen molar-refractivity contribution in [1.82, 2.24) is 0 Å². The third-order valence-corrected chi connectivity index (χ3v) is 22.5. The number of hydrogen-bond donors (Lipinski definition) is 0. The molecule has 578 valence electrons. The van der Waals surface area contributed by atoms with E-state index in [9.17, 15) is 0 Å². The molecule has 0 bridgehead atoms. The van der Waals surface area contributed by atoms with Gasteiger partial charge in [-0.05, 0) is 279 Å². The van der Waals surface area contributed by atoms with Gasteiger partial charge in [-0.15, -0.1) is 22.7 Å². The highest BCUT2D eigenvalue weighted by Gasteiger charge is 2.19. The molecule has 0 N–H and O–H groups in total. The Hall–Kier alpha value is -11.2. The van der Waals surface area contributed by atoms with Gasteiger partial charge in [-0.3, -0.25) is 0 Å². The summed E-state index contributed by atoms with van der Waals surface area (Å²) in [5.41, 5.74) is 22.8. The number of aryl methyl sites for hydroxylation is 8. The summed E-state index contributed by atoms with van der Waals surface area (Å²) in [4.78, 5) is 3.80. The van der Waals surface area contributed by atoms with E-state index < -0.39 is 0 Å². The van der Waals surface area contributed by atoms with Crippen molar-refractivity contribution in [3.8, 4) is 127 Å². The third-order valence-electron chi connectivity index (χ3n) is 20.2. The van der Waals surface area contributed by atoms with E-state index in [1.807, 2.05) is 48.5 Å². The average Bonchev–Trinajstić information content (AvgIpc) is 1.52. The molecule has 0 aliphatic rings. The van der Waals surface area contributed by atoms with E-state index in [4.69, 9.17) is 18.9 Å². The Morgan fingerprint density at radius 2 is 0.386 bits per heavy atom. The van der Waals surface area contributed by atoms with E-state index in [0.29, 0.717) is 0 Å². The van der Waals surface area contributed by atoms with Crippen LogP contribution in [0.2, 0.25) is 0 Å². The molecule has 10 aromatic rings. The second kappa shape index (κ2) is 45.5. The van der Waals surface area contributed by atoms with Gasteiger partial charge < -0.3 is 18.9 Å². The molecule has 6 heteroatoms. The Kier molecular flexibility index (Phi) is 34.0. The van der Waals surface area contributed by atoms with E-state index in [-0.39, 0.29) is 0 Å². The predicted octanol–water partition coefficient (Wildman–Crippen LogP) is 25.5. The summed E-state index contributed by atoms with van der Waals surface area (Å²) in [6, 6.07) is 55.0. The van der Waals surface area contributed by atoms with E-state index in [1.54, 1.807) is 22.7 Å². The van der Waals surface area contributed by atoms with Gasteiger partial charge in [0.15, 0.2) is 0 Å². The van der Waals surface area contributed by atoms with Gasteiger partial charge in [-0.2, -0.15) is 0 Å². The highest BCUT2D eigenvalue weighted by Crippen LogP contribution is 2.40. The molecule has 2 aromatic heterocycles. The van der Waals surface area contributed by atoms with Gasteiger partial charge in [0.25, 0.3) is 0 Å². The quantitative estimate of drug-likeness (QED) is 0.0346. The highest BCUT2D eigenvalue weighted by molar-refractivity contribution is 7.23. The molecule has 0 atom stereocenters. The van der Waals surface area contributed by atoms with Crippen molar-refractivity contribution in [1.29, 1.82) is 0 Å². The van der Waals surface area contributed by atoms with Crippen LogP contribution in [0.1, 0.15) is 292 Å². The fourth-order valence-electron chi connectivity index (χ4n) is 13.2. The van der Waals surface area contributed by atoms with Crippen LogP contribution in [0.5, 0.6) is 23.0 Å². The average molecular weight is 1540 g/mol. The molecule has 114 heavy (non-hydrogen) atoms. The van der Waals surface area contributed by atoms with Crippen LogP contribution in [-0.2, 0) is 51.4 Å². The zero-order valence-corrected chi connectivity index (χ0v) is 71.1. The van der Waals surface area contributed by atoms with Crippen molar-refractivity contribution in [3.05, 3.63) is 290 Å². The number of ether oxygens (including phenoxy) is 4. The number of thiophene rings is 2. The molecule has 8 aromatic carbocycles. The molecule has 10 rings (SSSR count).